The average Bonchev–Trinajstić information content (AvgIpc) is 2.69. The van der Waals surface area contributed by atoms with E-state index in [2.05, 4.69) is 17.1 Å². The molecule has 1 aromatic heterocycles. The van der Waals surface area contributed by atoms with Crippen molar-refractivity contribution < 1.29 is 4.79 Å². The van der Waals surface area contributed by atoms with Crippen LogP contribution in [-0.4, -0.2) is 46.1 Å². The molecule has 1 aromatic carbocycles. The number of aryl methyl sites for hydroxylation is 1. The number of nitrogens with zero attached hydrogens (tertiary/aromatic N) is 3. The topological polar surface area (TPSA) is 76.3 Å². The average molecular weight is 386 g/mol. The summed E-state index contributed by atoms with van der Waals surface area (Å²) >= 11 is 0. The van der Waals surface area contributed by atoms with Gasteiger partial charge in [-0.3, -0.25) is 19.0 Å². The van der Waals surface area contributed by atoms with Gasteiger partial charge in [0.05, 0.1) is 11.0 Å². The highest BCUT2D eigenvalue weighted by molar-refractivity contribution is 5.80. The molecule has 0 saturated carbocycles. The molecule has 1 atom stereocenters. The van der Waals surface area contributed by atoms with Crippen LogP contribution in [0.5, 0.6) is 0 Å². The van der Waals surface area contributed by atoms with Gasteiger partial charge < -0.3 is 14.8 Å². The Labute approximate surface area is 165 Å². The predicted molar refractivity (Wildman–Crippen MR) is 111 cm³/mol. The van der Waals surface area contributed by atoms with Crippen molar-refractivity contribution in [3.63, 3.8) is 0 Å². The zero-order chi connectivity index (χ0) is 20.1. The third-order valence-electron chi connectivity index (χ3n) is 5.47. The van der Waals surface area contributed by atoms with E-state index in [1.807, 2.05) is 13.0 Å². The van der Waals surface area contributed by atoms with Gasteiger partial charge in [0.15, 0.2) is 0 Å². The Morgan fingerprint density at radius 2 is 1.82 bits per heavy atom. The van der Waals surface area contributed by atoms with Crippen LogP contribution in [0.4, 0.5) is 0 Å². The highest BCUT2D eigenvalue weighted by Gasteiger charge is 2.16. The van der Waals surface area contributed by atoms with Gasteiger partial charge in [0.2, 0.25) is 5.91 Å². The van der Waals surface area contributed by atoms with Crippen LogP contribution in [0.25, 0.3) is 11.0 Å². The lowest BCUT2D eigenvalue weighted by Crippen LogP contribution is -2.44. The molecule has 28 heavy (non-hydrogen) atoms. The van der Waals surface area contributed by atoms with Crippen molar-refractivity contribution in [1.82, 2.24) is 19.4 Å². The maximum absolute atomic E-state index is 12.5. The second-order valence-electron chi connectivity index (χ2n) is 7.68. The molecule has 7 nitrogen and oxygen atoms in total. The van der Waals surface area contributed by atoms with E-state index in [-0.39, 0.29) is 12.5 Å². The Hall–Kier alpha value is -2.41. The lowest BCUT2D eigenvalue weighted by Gasteiger charge is -2.30. The Morgan fingerprint density at radius 3 is 2.50 bits per heavy atom. The molecule has 0 spiro atoms. The first-order chi connectivity index (χ1) is 13.5. The molecule has 152 valence electrons. The van der Waals surface area contributed by atoms with Crippen LogP contribution in [0.1, 0.15) is 33.1 Å². The summed E-state index contributed by atoms with van der Waals surface area (Å²) in [5.41, 5.74) is 0.0271. The normalized spacial score (nSPS) is 17.7. The van der Waals surface area contributed by atoms with E-state index in [0.717, 1.165) is 32.0 Å². The molecule has 7 heteroatoms. The lowest BCUT2D eigenvalue weighted by molar-refractivity contribution is -0.121. The predicted octanol–water partition coefficient (Wildman–Crippen LogP) is 1.42. The molecule has 1 fully saturated rings. The highest BCUT2D eigenvalue weighted by Crippen LogP contribution is 2.15. The summed E-state index contributed by atoms with van der Waals surface area (Å²) in [6, 6.07) is 7.20. The van der Waals surface area contributed by atoms with Gasteiger partial charge >= 0.3 is 11.1 Å². The van der Waals surface area contributed by atoms with E-state index < -0.39 is 11.1 Å². The number of nitrogens with one attached hydrogen (secondary N) is 1. The molecule has 1 N–H and O–H groups in total. The number of fused-ring (bicyclic) bond motifs is 1. The number of amides is 1. The molecule has 1 aliphatic heterocycles. The number of piperidine rings is 1. The van der Waals surface area contributed by atoms with Crippen LogP contribution in [0.15, 0.2) is 33.9 Å². The third-order valence-corrected chi connectivity index (χ3v) is 5.47. The first kappa shape index (κ1) is 20.3. The summed E-state index contributed by atoms with van der Waals surface area (Å²) in [7, 11) is 0. The summed E-state index contributed by atoms with van der Waals surface area (Å²) in [6.07, 6.45) is 3.42. The number of hydrogen-bond acceptors (Lipinski definition) is 4. The van der Waals surface area contributed by atoms with Gasteiger partial charge in [-0.05, 0) is 57.3 Å². The smallest absolute Gasteiger partial charge is 0.317 e. The fourth-order valence-electron chi connectivity index (χ4n) is 4.06. The summed E-state index contributed by atoms with van der Waals surface area (Å²) in [4.78, 5) is 39.7. The Kier molecular flexibility index (Phi) is 6.67. The molecule has 0 radical (unpaired) electrons. The number of carbonyl (C=O) groups excluding carboxylic acids is 1. The van der Waals surface area contributed by atoms with Crippen molar-refractivity contribution in [2.24, 2.45) is 5.92 Å². The van der Waals surface area contributed by atoms with Crippen molar-refractivity contribution in [2.45, 2.75) is 46.2 Å². The first-order valence-corrected chi connectivity index (χ1v) is 10.2. The molecule has 0 unspecified atom stereocenters. The molecule has 0 bridgehead atoms. The minimum absolute atomic E-state index is 0.139. The van der Waals surface area contributed by atoms with Gasteiger partial charge in [0, 0.05) is 19.6 Å². The summed E-state index contributed by atoms with van der Waals surface area (Å²) < 4.78 is 2.73. The first-order valence-electron chi connectivity index (χ1n) is 10.2. The molecule has 1 aliphatic rings. The summed E-state index contributed by atoms with van der Waals surface area (Å²) in [5, 5.41) is 2.89. The fraction of sp³-hybridized carbons (Fsp3) is 0.571. The summed E-state index contributed by atoms with van der Waals surface area (Å²) in [5.74, 6) is 0.502. The SMILES string of the molecule is CCn1c(=O)c(=O)n(CC(=O)NCCCN2CCC[C@H](C)C2)c2ccccc21. The molecular weight excluding hydrogens is 356 g/mol. The maximum Gasteiger partial charge on any atom is 0.317 e. The van der Waals surface area contributed by atoms with Crippen molar-refractivity contribution in [3.05, 3.63) is 45.0 Å². The van der Waals surface area contributed by atoms with E-state index in [9.17, 15) is 14.4 Å². The molecule has 2 heterocycles. The molecule has 0 aliphatic carbocycles. The van der Waals surface area contributed by atoms with Crippen molar-refractivity contribution in [2.75, 3.05) is 26.2 Å². The van der Waals surface area contributed by atoms with Gasteiger partial charge in [-0.25, -0.2) is 0 Å². The van der Waals surface area contributed by atoms with Gasteiger partial charge in [0.25, 0.3) is 0 Å². The zero-order valence-corrected chi connectivity index (χ0v) is 16.8. The van der Waals surface area contributed by atoms with Crippen LogP contribution in [0.2, 0.25) is 0 Å². The molecule has 3 rings (SSSR count). The van der Waals surface area contributed by atoms with Gasteiger partial charge in [-0.15, -0.1) is 0 Å². The number of aromatic nitrogens is 2. The monoisotopic (exact) mass is 386 g/mol. The lowest BCUT2D eigenvalue weighted by atomic mass is 10.0. The number of carbonyl (C=O) groups is 1. The number of para-hydroxylation sites is 2. The third kappa shape index (κ3) is 4.52. The van der Waals surface area contributed by atoms with Crippen LogP contribution < -0.4 is 16.4 Å². The van der Waals surface area contributed by atoms with Crippen LogP contribution in [0, 0.1) is 5.92 Å². The quantitative estimate of drug-likeness (QED) is 0.577. The molecule has 1 amide bonds. The minimum atomic E-state index is -0.655. The highest BCUT2D eigenvalue weighted by atomic mass is 16.2. The van der Waals surface area contributed by atoms with Crippen LogP contribution in [0.3, 0.4) is 0 Å². The summed E-state index contributed by atoms with van der Waals surface area (Å²) in [6.45, 7) is 8.19. The zero-order valence-electron chi connectivity index (χ0n) is 16.8. The number of hydrogen-bond donors (Lipinski definition) is 1. The van der Waals surface area contributed by atoms with Crippen molar-refractivity contribution in [3.8, 4) is 0 Å². The molecule has 1 saturated heterocycles. The largest absolute Gasteiger partial charge is 0.355 e. The van der Waals surface area contributed by atoms with Gasteiger partial charge in [-0.2, -0.15) is 0 Å². The maximum atomic E-state index is 12.5. The van der Waals surface area contributed by atoms with E-state index in [4.69, 9.17) is 0 Å². The Morgan fingerprint density at radius 1 is 1.14 bits per heavy atom. The van der Waals surface area contributed by atoms with E-state index in [1.54, 1.807) is 18.2 Å². The number of likely N-dealkylation sites (tertiary alicyclic amines) is 1. The second kappa shape index (κ2) is 9.19. The second-order valence-corrected chi connectivity index (χ2v) is 7.68. The standard InChI is InChI=1S/C21H30N4O3/c1-3-24-17-9-4-5-10-18(17)25(21(28)20(24)27)15-19(26)22-11-7-13-23-12-6-8-16(2)14-23/h4-5,9-10,16H,3,6-8,11-15H2,1-2H3,(H,22,26)/t16-/m0/s1. The molecular formula is C21H30N4O3. The Balaban J connectivity index is 1.63. The van der Waals surface area contributed by atoms with Crippen LogP contribution >= 0.6 is 0 Å². The molecule has 2 aromatic rings. The van der Waals surface area contributed by atoms with Crippen LogP contribution in [-0.2, 0) is 17.9 Å². The van der Waals surface area contributed by atoms with Gasteiger partial charge in [-0.1, -0.05) is 19.1 Å². The van der Waals surface area contributed by atoms with E-state index in [1.165, 1.54) is 22.0 Å². The van der Waals surface area contributed by atoms with Gasteiger partial charge in [0.1, 0.15) is 6.54 Å². The minimum Gasteiger partial charge on any atom is -0.355 e. The Bertz CT molecular complexity index is 947. The number of benzene rings is 1. The number of rotatable bonds is 7. The van der Waals surface area contributed by atoms with Crippen molar-refractivity contribution >= 4 is 16.9 Å². The van der Waals surface area contributed by atoms with Crippen molar-refractivity contribution in [1.29, 1.82) is 0 Å². The van der Waals surface area contributed by atoms with E-state index >= 15 is 0 Å². The van der Waals surface area contributed by atoms with E-state index in [0.29, 0.717) is 24.1 Å². The fourth-order valence-corrected chi connectivity index (χ4v) is 4.06.